The predicted molar refractivity (Wildman–Crippen MR) is 118 cm³/mol. The molecule has 1 aromatic heterocycles. The van der Waals surface area contributed by atoms with E-state index in [4.69, 9.17) is 0 Å². The summed E-state index contributed by atoms with van der Waals surface area (Å²) in [4.78, 5) is 25.3. The number of carbonyl (C=O) groups excluding carboxylic acids is 1. The lowest BCUT2D eigenvalue weighted by Gasteiger charge is -2.16. The van der Waals surface area contributed by atoms with Crippen LogP contribution in [0.25, 0.3) is 0 Å². The molecule has 0 saturated carbocycles. The van der Waals surface area contributed by atoms with E-state index in [1.54, 1.807) is 0 Å². The summed E-state index contributed by atoms with van der Waals surface area (Å²) in [6.45, 7) is 9.47. The van der Waals surface area contributed by atoms with Crippen molar-refractivity contribution < 1.29 is 4.79 Å². The Morgan fingerprint density at radius 3 is 2.66 bits per heavy atom. The van der Waals surface area contributed by atoms with Gasteiger partial charge < -0.3 is 16.0 Å². The lowest BCUT2D eigenvalue weighted by molar-refractivity contribution is -0.115. The highest BCUT2D eigenvalue weighted by atomic mass is 16.1. The molecule has 3 rings (SSSR count). The van der Waals surface area contributed by atoms with Gasteiger partial charge in [-0.15, -0.1) is 0 Å². The molecule has 1 aliphatic rings. The third-order valence-corrected chi connectivity index (χ3v) is 5.25. The molecule has 1 amide bonds. The molecular weight excluding hydrogens is 364 g/mol. The maximum absolute atomic E-state index is 11.6. The van der Waals surface area contributed by atoms with Gasteiger partial charge in [0, 0.05) is 23.8 Å². The Kier molecular flexibility index (Phi) is 7.01. The number of hydrogen-bond donors (Lipinski definition) is 3. The molecule has 7 heteroatoms. The Morgan fingerprint density at radius 2 is 1.93 bits per heavy atom. The predicted octanol–water partition coefficient (Wildman–Crippen LogP) is 4.86. The maximum Gasteiger partial charge on any atom is 0.232 e. The summed E-state index contributed by atoms with van der Waals surface area (Å²) < 4.78 is 0. The zero-order valence-corrected chi connectivity index (χ0v) is 17.9. The van der Waals surface area contributed by atoms with E-state index < -0.39 is 0 Å². The van der Waals surface area contributed by atoms with Gasteiger partial charge in [-0.3, -0.25) is 4.79 Å². The van der Waals surface area contributed by atoms with Crippen LogP contribution in [0.1, 0.15) is 70.7 Å². The van der Waals surface area contributed by atoms with E-state index in [-0.39, 0.29) is 11.8 Å². The Bertz CT molecular complexity index is 851. The second-order valence-electron chi connectivity index (χ2n) is 8.01. The molecule has 0 fully saturated rings. The molecule has 7 nitrogen and oxygen atoms in total. The van der Waals surface area contributed by atoms with Crippen LogP contribution in [-0.4, -0.2) is 27.4 Å². The average molecular weight is 397 g/mol. The van der Waals surface area contributed by atoms with Crippen molar-refractivity contribution in [2.24, 2.45) is 5.92 Å². The molecule has 1 aromatic carbocycles. The molecule has 2 aromatic rings. The van der Waals surface area contributed by atoms with Crippen LogP contribution in [0.5, 0.6) is 0 Å². The number of rotatable bonds is 10. The van der Waals surface area contributed by atoms with Crippen LogP contribution in [0, 0.1) is 5.92 Å². The highest BCUT2D eigenvalue weighted by Gasteiger charge is 2.18. The van der Waals surface area contributed by atoms with Crippen molar-refractivity contribution in [2.45, 2.75) is 65.7 Å². The molecule has 0 radical (unpaired) electrons. The van der Waals surface area contributed by atoms with E-state index >= 15 is 0 Å². The van der Waals surface area contributed by atoms with Crippen LogP contribution in [0.15, 0.2) is 18.2 Å². The van der Waals surface area contributed by atoms with Gasteiger partial charge >= 0.3 is 0 Å². The van der Waals surface area contributed by atoms with E-state index in [1.807, 2.05) is 18.2 Å². The Morgan fingerprint density at radius 1 is 1.14 bits per heavy atom. The fraction of sp³-hybridized carbons (Fsp3) is 0.545. The van der Waals surface area contributed by atoms with Crippen LogP contribution in [0.2, 0.25) is 0 Å². The van der Waals surface area contributed by atoms with Crippen molar-refractivity contribution in [1.82, 2.24) is 15.0 Å². The number of aromatic nitrogens is 3. The number of carbonyl (C=O) groups is 1. The van der Waals surface area contributed by atoms with Crippen LogP contribution < -0.4 is 16.0 Å². The molecule has 0 spiro atoms. The number of unbranched alkanes of at least 4 members (excludes halogenated alkanes) is 1. The summed E-state index contributed by atoms with van der Waals surface area (Å²) in [6.07, 6.45) is 5.25. The second-order valence-corrected chi connectivity index (χ2v) is 8.01. The van der Waals surface area contributed by atoms with Crippen molar-refractivity contribution in [3.63, 3.8) is 0 Å². The lowest BCUT2D eigenvalue weighted by Crippen LogP contribution is -2.17. The van der Waals surface area contributed by atoms with Gasteiger partial charge in [-0.1, -0.05) is 53.0 Å². The Labute approximate surface area is 173 Å². The first-order valence-electron chi connectivity index (χ1n) is 10.7. The summed E-state index contributed by atoms with van der Waals surface area (Å²) in [6, 6.07) is 5.83. The van der Waals surface area contributed by atoms with Crippen molar-refractivity contribution in [1.29, 1.82) is 0 Å². The summed E-state index contributed by atoms with van der Waals surface area (Å²) in [5.41, 5.74) is 2.70. The van der Waals surface area contributed by atoms with Crippen molar-refractivity contribution >= 4 is 29.2 Å². The number of amides is 1. The molecule has 156 valence electrons. The largest absolute Gasteiger partial charge is 0.354 e. The zero-order chi connectivity index (χ0) is 20.8. The minimum atomic E-state index is 0.0273. The molecule has 1 aliphatic heterocycles. The van der Waals surface area contributed by atoms with E-state index in [0.29, 0.717) is 24.2 Å². The molecule has 1 unspecified atom stereocenters. The fourth-order valence-corrected chi connectivity index (χ4v) is 3.39. The summed E-state index contributed by atoms with van der Waals surface area (Å²) in [5.74, 6) is 2.71. The number of nitrogens with zero attached hydrogens (tertiary/aromatic N) is 3. The van der Waals surface area contributed by atoms with Gasteiger partial charge in [-0.25, -0.2) is 0 Å². The highest BCUT2D eigenvalue weighted by molar-refractivity contribution is 5.99. The van der Waals surface area contributed by atoms with Crippen LogP contribution in [-0.2, 0) is 11.2 Å². The number of hydrogen-bond acceptors (Lipinski definition) is 6. The van der Waals surface area contributed by atoms with Crippen molar-refractivity contribution in [2.75, 3.05) is 22.5 Å². The van der Waals surface area contributed by atoms with E-state index in [1.165, 1.54) is 19.3 Å². The average Bonchev–Trinajstić information content (AvgIpc) is 3.07. The highest BCUT2D eigenvalue weighted by Crippen LogP contribution is 2.28. The molecule has 1 atom stereocenters. The van der Waals surface area contributed by atoms with E-state index in [2.05, 4.69) is 58.6 Å². The van der Waals surface area contributed by atoms with Crippen LogP contribution >= 0.6 is 0 Å². The normalized spacial score (nSPS) is 13.9. The van der Waals surface area contributed by atoms with Crippen LogP contribution in [0.4, 0.5) is 23.3 Å². The Hall–Kier alpha value is -2.70. The smallest absolute Gasteiger partial charge is 0.232 e. The molecular formula is C22H32N6O. The van der Waals surface area contributed by atoms with Gasteiger partial charge in [0.2, 0.25) is 17.8 Å². The number of nitrogens with one attached hydrogen (secondary N) is 3. The standard InChI is InChI=1S/C22H32N6O/c1-5-7-8-15(6-2)13-23-21-26-20(14(3)4)27-22(28-21)24-17-10-9-16-11-19(29)25-18(16)12-17/h9-10,12,14-15H,5-8,11,13H2,1-4H3,(H,25,29)(H2,23,24,26,27,28). The Balaban J connectivity index is 1.75. The van der Waals surface area contributed by atoms with Gasteiger partial charge in [-0.2, -0.15) is 15.0 Å². The molecule has 29 heavy (non-hydrogen) atoms. The third kappa shape index (κ3) is 5.65. The van der Waals surface area contributed by atoms with Gasteiger partial charge in [0.05, 0.1) is 6.42 Å². The number of anilines is 4. The first kappa shape index (κ1) is 21.0. The molecule has 3 N–H and O–H groups in total. The molecule has 2 heterocycles. The van der Waals surface area contributed by atoms with Crippen LogP contribution in [0.3, 0.4) is 0 Å². The summed E-state index contributed by atoms with van der Waals surface area (Å²) in [5, 5.41) is 9.56. The van der Waals surface area contributed by atoms with E-state index in [0.717, 1.165) is 35.7 Å². The van der Waals surface area contributed by atoms with Gasteiger partial charge in [-0.05, 0) is 30.0 Å². The minimum absolute atomic E-state index is 0.0273. The lowest BCUT2D eigenvalue weighted by atomic mass is 9.99. The molecule has 0 bridgehead atoms. The minimum Gasteiger partial charge on any atom is -0.354 e. The molecule has 0 saturated heterocycles. The number of benzene rings is 1. The van der Waals surface area contributed by atoms with Gasteiger partial charge in [0.25, 0.3) is 0 Å². The number of fused-ring (bicyclic) bond motifs is 1. The summed E-state index contributed by atoms with van der Waals surface area (Å²) in [7, 11) is 0. The maximum atomic E-state index is 11.6. The topological polar surface area (TPSA) is 91.8 Å². The SMILES string of the molecule is CCCCC(CC)CNc1nc(Nc2ccc3c(c2)NC(=O)C3)nc(C(C)C)n1. The summed E-state index contributed by atoms with van der Waals surface area (Å²) >= 11 is 0. The quantitative estimate of drug-likeness (QED) is 0.531. The zero-order valence-electron chi connectivity index (χ0n) is 17.9. The first-order valence-corrected chi connectivity index (χ1v) is 10.7. The van der Waals surface area contributed by atoms with Gasteiger partial charge in [0.15, 0.2) is 0 Å². The van der Waals surface area contributed by atoms with Crippen molar-refractivity contribution in [3.05, 3.63) is 29.6 Å². The fourth-order valence-electron chi connectivity index (χ4n) is 3.39. The first-order chi connectivity index (χ1) is 14.0. The van der Waals surface area contributed by atoms with Gasteiger partial charge in [0.1, 0.15) is 5.82 Å². The second kappa shape index (κ2) is 9.67. The molecule has 0 aliphatic carbocycles. The third-order valence-electron chi connectivity index (χ3n) is 5.25. The monoisotopic (exact) mass is 396 g/mol. The van der Waals surface area contributed by atoms with E-state index in [9.17, 15) is 4.79 Å². The van der Waals surface area contributed by atoms with Crippen molar-refractivity contribution in [3.8, 4) is 0 Å².